The van der Waals surface area contributed by atoms with Crippen LogP contribution in [0.15, 0.2) is 24.5 Å². The van der Waals surface area contributed by atoms with Gasteiger partial charge in [0.25, 0.3) is 5.91 Å². The maximum Gasteiger partial charge on any atom is 0.255 e. The molecule has 0 unspecified atom stereocenters. The fourth-order valence-electron chi connectivity index (χ4n) is 4.91. The summed E-state index contributed by atoms with van der Waals surface area (Å²) < 4.78 is 5.46. The van der Waals surface area contributed by atoms with Gasteiger partial charge in [-0.05, 0) is 36.8 Å². The first kappa shape index (κ1) is 19.8. The Morgan fingerprint density at radius 2 is 1.89 bits per heavy atom. The smallest absolute Gasteiger partial charge is 0.255 e. The molecule has 0 spiro atoms. The van der Waals surface area contributed by atoms with Crippen molar-refractivity contribution < 1.29 is 14.6 Å². The number of hydrogen-bond acceptors (Lipinski definition) is 6. The standard InChI is InChI=1S/C21H32N4O3/c26-16-19-15-25(14-18(19)13-23-8-10-28-11-9-23)20-3-6-24(7-4-20)21(27)17-2-1-5-22-12-17/h1-2,5,12,18-20,26H,3-4,6-11,13-16H2/t18-,19-/m1/s1. The van der Waals surface area contributed by atoms with Crippen molar-refractivity contribution in [3.8, 4) is 0 Å². The van der Waals surface area contributed by atoms with Gasteiger partial charge in [0.2, 0.25) is 0 Å². The van der Waals surface area contributed by atoms with Crippen LogP contribution in [-0.2, 0) is 4.74 Å². The molecule has 1 amide bonds. The molecule has 28 heavy (non-hydrogen) atoms. The van der Waals surface area contributed by atoms with E-state index in [4.69, 9.17) is 4.74 Å². The van der Waals surface area contributed by atoms with E-state index in [-0.39, 0.29) is 12.5 Å². The number of morpholine rings is 1. The summed E-state index contributed by atoms with van der Waals surface area (Å²) in [6.45, 7) is 8.61. The number of piperidine rings is 1. The highest BCUT2D eigenvalue weighted by atomic mass is 16.5. The Morgan fingerprint density at radius 1 is 1.14 bits per heavy atom. The second-order valence-electron chi connectivity index (χ2n) is 8.33. The van der Waals surface area contributed by atoms with E-state index in [1.54, 1.807) is 12.4 Å². The summed E-state index contributed by atoms with van der Waals surface area (Å²) >= 11 is 0. The molecule has 1 aromatic heterocycles. The monoisotopic (exact) mass is 388 g/mol. The van der Waals surface area contributed by atoms with Crippen LogP contribution in [0.2, 0.25) is 0 Å². The molecule has 0 aromatic carbocycles. The van der Waals surface area contributed by atoms with Crippen molar-refractivity contribution in [1.82, 2.24) is 19.7 Å². The normalized spacial score (nSPS) is 28.0. The predicted molar refractivity (Wildman–Crippen MR) is 106 cm³/mol. The highest BCUT2D eigenvalue weighted by Crippen LogP contribution is 2.29. The van der Waals surface area contributed by atoms with E-state index in [0.717, 1.165) is 71.9 Å². The first-order valence-electron chi connectivity index (χ1n) is 10.6. The zero-order valence-electron chi connectivity index (χ0n) is 16.6. The lowest BCUT2D eigenvalue weighted by molar-refractivity contribution is 0.0261. The van der Waals surface area contributed by atoms with Gasteiger partial charge in [0.15, 0.2) is 0 Å². The van der Waals surface area contributed by atoms with E-state index < -0.39 is 0 Å². The molecule has 3 aliphatic heterocycles. The van der Waals surface area contributed by atoms with Crippen molar-refractivity contribution in [2.24, 2.45) is 11.8 Å². The maximum atomic E-state index is 12.6. The molecular weight excluding hydrogens is 356 g/mol. The average Bonchev–Trinajstić information content (AvgIpc) is 3.17. The molecule has 1 aromatic rings. The lowest BCUT2D eigenvalue weighted by atomic mass is 9.96. The van der Waals surface area contributed by atoms with E-state index in [9.17, 15) is 9.90 Å². The highest BCUT2D eigenvalue weighted by Gasteiger charge is 2.38. The van der Waals surface area contributed by atoms with E-state index in [0.29, 0.717) is 23.4 Å². The maximum absolute atomic E-state index is 12.6. The zero-order valence-corrected chi connectivity index (χ0v) is 16.6. The van der Waals surface area contributed by atoms with Gasteiger partial charge in [-0.15, -0.1) is 0 Å². The number of nitrogens with zero attached hydrogens (tertiary/aromatic N) is 4. The van der Waals surface area contributed by atoms with Crippen LogP contribution in [0, 0.1) is 11.8 Å². The number of likely N-dealkylation sites (tertiary alicyclic amines) is 2. The fraction of sp³-hybridized carbons (Fsp3) is 0.714. The molecule has 3 fully saturated rings. The topological polar surface area (TPSA) is 69.1 Å². The van der Waals surface area contributed by atoms with Crippen molar-refractivity contribution in [1.29, 1.82) is 0 Å². The van der Waals surface area contributed by atoms with Crippen molar-refractivity contribution in [2.75, 3.05) is 65.6 Å². The van der Waals surface area contributed by atoms with Crippen LogP contribution in [0.25, 0.3) is 0 Å². The molecule has 4 rings (SSSR count). The van der Waals surface area contributed by atoms with Gasteiger partial charge in [-0.25, -0.2) is 0 Å². The molecule has 0 radical (unpaired) electrons. The van der Waals surface area contributed by atoms with Crippen molar-refractivity contribution in [3.63, 3.8) is 0 Å². The number of aliphatic hydroxyl groups is 1. The van der Waals surface area contributed by atoms with Gasteiger partial charge < -0.3 is 14.7 Å². The number of ether oxygens (including phenoxy) is 1. The van der Waals surface area contributed by atoms with Crippen molar-refractivity contribution in [3.05, 3.63) is 30.1 Å². The first-order chi connectivity index (χ1) is 13.7. The largest absolute Gasteiger partial charge is 0.396 e. The highest BCUT2D eigenvalue weighted by molar-refractivity contribution is 5.93. The summed E-state index contributed by atoms with van der Waals surface area (Å²) in [6, 6.07) is 4.17. The van der Waals surface area contributed by atoms with Gasteiger partial charge in [0.05, 0.1) is 18.8 Å². The van der Waals surface area contributed by atoms with Crippen LogP contribution in [0.1, 0.15) is 23.2 Å². The second-order valence-corrected chi connectivity index (χ2v) is 8.33. The lowest BCUT2D eigenvalue weighted by Crippen LogP contribution is -2.46. The van der Waals surface area contributed by atoms with E-state index in [1.165, 1.54) is 0 Å². The number of rotatable bonds is 5. The summed E-state index contributed by atoms with van der Waals surface area (Å²) in [5.41, 5.74) is 0.674. The zero-order chi connectivity index (χ0) is 19.3. The Balaban J connectivity index is 1.29. The minimum atomic E-state index is 0.0893. The molecule has 7 heteroatoms. The number of aliphatic hydroxyl groups excluding tert-OH is 1. The van der Waals surface area contributed by atoms with Gasteiger partial charge in [-0.1, -0.05) is 0 Å². The molecule has 0 saturated carbocycles. The van der Waals surface area contributed by atoms with Crippen LogP contribution in [0.4, 0.5) is 0 Å². The summed E-state index contributed by atoms with van der Waals surface area (Å²) in [5, 5.41) is 9.89. The average molecular weight is 389 g/mol. The number of pyridine rings is 1. The molecule has 3 saturated heterocycles. The van der Waals surface area contributed by atoms with Crippen LogP contribution in [0.5, 0.6) is 0 Å². The van der Waals surface area contributed by atoms with Gasteiger partial charge in [0, 0.05) is 70.9 Å². The number of carbonyl (C=O) groups excluding carboxylic acids is 1. The van der Waals surface area contributed by atoms with Crippen LogP contribution in [0.3, 0.4) is 0 Å². The third-order valence-electron chi connectivity index (χ3n) is 6.61. The lowest BCUT2D eigenvalue weighted by Gasteiger charge is -2.37. The molecule has 7 nitrogen and oxygen atoms in total. The van der Waals surface area contributed by atoms with Crippen LogP contribution in [-0.4, -0.2) is 102 Å². The number of carbonyl (C=O) groups is 1. The summed E-state index contributed by atoms with van der Waals surface area (Å²) in [6.07, 6.45) is 5.36. The molecule has 3 aliphatic rings. The van der Waals surface area contributed by atoms with Crippen molar-refractivity contribution in [2.45, 2.75) is 18.9 Å². The molecular formula is C21H32N4O3. The van der Waals surface area contributed by atoms with E-state index in [2.05, 4.69) is 14.8 Å². The Hall–Kier alpha value is -1.54. The Kier molecular flexibility index (Phi) is 6.57. The van der Waals surface area contributed by atoms with Crippen LogP contribution >= 0.6 is 0 Å². The van der Waals surface area contributed by atoms with Crippen LogP contribution < -0.4 is 0 Å². The predicted octanol–water partition coefficient (Wildman–Crippen LogP) is 0.559. The minimum absolute atomic E-state index is 0.0893. The Bertz CT molecular complexity index is 630. The van der Waals surface area contributed by atoms with Gasteiger partial charge in [0.1, 0.15) is 0 Å². The molecule has 0 aliphatic carbocycles. The molecule has 4 heterocycles. The fourth-order valence-corrected chi connectivity index (χ4v) is 4.91. The summed E-state index contributed by atoms with van der Waals surface area (Å²) in [5.74, 6) is 0.974. The molecule has 1 N–H and O–H groups in total. The number of amides is 1. The Morgan fingerprint density at radius 3 is 2.57 bits per heavy atom. The first-order valence-corrected chi connectivity index (χ1v) is 10.6. The van der Waals surface area contributed by atoms with Gasteiger partial charge in [-0.2, -0.15) is 0 Å². The van der Waals surface area contributed by atoms with Gasteiger partial charge >= 0.3 is 0 Å². The SMILES string of the molecule is O=C(c1cccnc1)N1CCC(N2C[C@@H](CN3CCOCC3)[C@@H](CO)C2)CC1. The number of aromatic nitrogens is 1. The van der Waals surface area contributed by atoms with E-state index >= 15 is 0 Å². The third-order valence-corrected chi connectivity index (χ3v) is 6.61. The summed E-state index contributed by atoms with van der Waals surface area (Å²) in [4.78, 5) is 23.7. The Labute approximate surface area is 167 Å². The third kappa shape index (κ3) is 4.54. The number of hydrogen-bond donors (Lipinski definition) is 1. The minimum Gasteiger partial charge on any atom is -0.396 e. The molecule has 2 atom stereocenters. The van der Waals surface area contributed by atoms with Gasteiger partial charge in [-0.3, -0.25) is 19.6 Å². The summed E-state index contributed by atoms with van der Waals surface area (Å²) in [7, 11) is 0. The second kappa shape index (κ2) is 9.31. The van der Waals surface area contributed by atoms with E-state index in [1.807, 2.05) is 17.0 Å². The van der Waals surface area contributed by atoms with Crippen molar-refractivity contribution >= 4 is 5.91 Å². The quantitative estimate of drug-likeness (QED) is 0.795. The molecule has 154 valence electrons. The molecule has 0 bridgehead atoms.